The molecule has 0 radical (unpaired) electrons. The van der Waals surface area contributed by atoms with Gasteiger partial charge < -0.3 is 5.32 Å². The molecule has 3 atom stereocenters. The molecule has 3 nitrogen and oxygen atoms in total. The van der Waals surface area contributed by atoms with E-state index in [1.807, 2.05) is 13.2 Å². The molecule has 2 rings (SSSR count). The van der Waals surface area contributed by atoms with Crippen molar-refractivity contribution < 1.29 is 0 Å². The highest BCUT2D eigenvalue weighted by atomic mass is 14.9. The maximum atomic E-state index is 4.45. The Labute approximate surface area is 104 Å². The van der Waals surface area contributed by atoms with E-state index in [0.29, 0.717) is 12.0 Å². The van der Waals surface area contributed by atoms with E-state index in [1.54, 1.807) is 12.4 Å². The molecular weight excluding hydrogens is 210 g/mol. The van der Waals surface area contributed by atoms with Crippen molar-refractivity contribution in [2.75, 3.05) is 7.05 Å². The molecule has 1 aromatic rings. The molecule has 0 spiro atoms. The molecule has 1 aliphatic carbocycles. The zero-order chi connectivity index (χ0) is 12.3. The largest absolute Gasteiger partial charge is 0.311 e. The van der Waals surface area contributed by atoms with Gasteiger partial charge in [-0.05, 0) is 44.1 Å². The van der Waals surface area contributed by atoms with Crippen LogP contribution in [0.1, 0.15) is 44.8 Å². The highest BCUT2D eigenvalue weighted by molar-refractivity contribution is 5.05. The van der Waals surface area contributed by atoms with Gasteiger partial charge in [0.05, 0.1) is 11.7 Å². The van der Waals surface area contributed by atoms with Crippen molar-refractivity contribution in [1.29, 1.82) is 0 Å². The summed E-state index contributed by atoms with van der Waals surface area (Å²) in [6.07, 6.45) is 9.38. The number of hydrogen-bond donors (Lipinski definition) is 1. The van der Waals surface area contributed by atoms with Gasteiger partial charge in [0.1, 0.15) is 0 Å². The Morgan fingerprint density at radius 2 is 1.88 bits per heavy atom. The summed E-state index contributed by atoms with van der Waals surface area (Å²) in [7, 11) is 2.03. The van der Waals surface area contributed by atoms with Gasteiger partial charge >= 0.3 is 0 Å². The fourth-order valence-electron chi connectivity index (χ4n) is 3.38. The lowest BCUT2D eigenvalue weighted by atomic mass is 9.73. The normalized spacial score (nSPS) is 31.1. The van der Waals surface area contributed by atoms with Crippen LogP contribution in [0.15, 0.2) is 18.6 Å². The van der Waals surface area contributed by atoms with E-state index in [1.165, 1.54) is 19.3 Å². The van der Waals surface area contributed by atoms with Gasteiger partial charge in [-0.15, -0.1) is 0 Å². The Morgan fingerprint density at radius 1 is 1.18 bits per heavy atom. The second-order valence-electron chi connectivity index (χ2n) is 5.57. The van der Waals surface area contributed by atoms with Crippen LogP contribution >= 0.6 is 0 Å². The summed E-state index contributed by atoms with van der Waals surface area (Å²) < 4.78 is 0. The van der Waals surface area contributed by atoms with Gasteiger partial charge in [-0.3, -0.25) is 9.97 Å². The standard InChI is InChI=1S/C14H23N3/c1-10-6-11(2)8-12(7-10)14(15-3)13-9-16-4-5-17-13/h4-5,9-12,14-15H,6-8H2,1-3H3. The molecule has 17 heavy (non-hydrogen) atoms. The lowest BCUT2D eigenvalue weighted by molar-refractivity contribution is 0.178. The first-order chi connectivity index (χ1) is 8.20. The minimum Gasteiger partial charge on any atom is -0.311 e. The van der Waals surface area contributed by atoms with Gasteiger partial charge in [-0.1, -0.05) is 13.8 Å². The number of hydrogen-bond acceptors (Lipinski definition) is 3. The first kappa shape index (κ1) is 12.5. The Balaban J connectivity index is 2.13. The van der Waals surface area contributed by atoms with Crippen molar-refractivity contribution in [3.63, 3.8) is 0 Å². The zero-order valence-electron chi connectivity index (χ0n) is 11.1. The van der Waals surface area contributed by atoms with Gasteiger partial charge in [0.25, 0.3) is 0 Å². The van der Waals surface area contributed by atoms with Crippen LogP contribution in [0.4, 0.5) is 0 Å². The fraction of sp³-hybridized carbons (Fsp3) is 0.714. The maximum Gasteiger partial charge on any atom is 0.0758 e. The Hall–Kier alpha value is -0.960. The number of rotatable bonds is 3. The second kappa shape index (κ2) is 5.58. The Bertz CT molecular complexity index is 329. The van der Waals surface area contributed by atoms with E-state index >= 15 is 0 Å². The molecule has 0 bridgehead atoms. The van der Waals surface area contributed by atoms with E-state index in [2.05, 4.69) is 29.1 Å². The minimum absolute atomic E-state index is 0.355. The summed E-state index contributed by atoms with van der Waals surface area (Å²) in [4.78, 5) is 8.63. The van der Waals surface area contributed by atoms with Crippen LogP contribution in [0.2, 0.25) is 0 Å². The van der Waals surface area contributed by atoms with Crippen LogP contribution in [0.3, 0.4) is 0 Å². The van der Waals surface area contributed by atoms with Crippen LogP contribution in [-0.2, 0) is 0 Å². The third-order valence-electron chi connectivity index (χ3n) is 3.90. The van der Waals surface area contributed by atoms with E-state index in [4.69, 9.17) is 0 Å². The van der Waals surface area contributed by atoms with Crippen LogP contribution in [-0.4, -0.2) is 17.0 Å². The minimum atomic E-state index is 0.355. The van der Waals surface area contributed by atoms with Gasteiger partial charge in [0, 0.05) is 18.6 Å². The summed E-state index contributed by atoms with van der Waals surface area (Å²) in [5, 5.41) is 3.43. The van der Waals surface area contributed by atoms with Gasteiger partial charge in [0.15, 0.2) is 0 Å². The third kappa shape index (κ3) is 3.03. The molecule has 0 saturated heterocycles. The molecule has 1 N–H and O–H groups in total. The molecule has 1 heterocycles. The predicted molar refractivity (Wildman–Crippen MR) is 69.5 cm³/mol. The average molecular weight is 233 g/mol. The van der Waals surface area contributed by atoms with Gasteiger partial charge in [-0.25, -0.2) is 0 Å². The predicted octanol–water partition coefficient (Wildman–Crippen LogP) is 2.81. The van der Waals surface area contributed by atoms with Crippen molar-refractivity contribution in [3.8, 4) is 0 Å². The molecular formula is C14H23N3. The van der Waals surface area contributed by atoms with Crippen LogP contribution in [0.25, 0.3) is 0 Å². The van der Waals surface area contributed by atoms with Crippen LogP contribution in [0, 0.1) is 17.8 Å². The number of nitrogens with zero attached hydrogens (tertiary/aromatic N) is 2. The summed E-state index contributed by atoms with van der Waals surface area (Å²) in [5.74, 6) is 2.35. The topological polar surface area (TPSA) is 37.8 Å². The van der Waals surface area contributed by atoms with Crippen molar-refractivity contribution in [1.82, 2.24) is 15.3 Å². The molecule has 3 heteroatoms. The lowest BCUT2D eigenvalue weighted by Crippen LogP contribution is -2.32. The van der Waals surface area contributed by atoms with Crippen molar-refractivity contribution >= 4 is 0 Å². The molecule has 1 saturated carbocycles. The smallest absolute Gasteiger partial charge is 0.0758 e. The molecule has 94 valence electrons. The third-order valence-corrected chi connectivity index (χ3v) is 3.90. The highest BCUT2D eigenvalue weighted by Crippen LogP contribution is 2.38. The van der Waals surface area contributed by atoms with Gasteiger partial charge in [0.2, 0.25) is 0 Å². The highest BCUT2D eigenvalue weighted by Gasteiger charge is 2.30. The summed E-state index contributed by atoms with van der Waals surface area (Å²) in [6, 6.07) is 0.355. The number of aromatic nitrogens is 2. The summed E-state index contributed by atoms with van der Waals surface area (Å²) in [6.45, 7) is 4.73. The van der Waals surface area contributed by atoms with Crippen molar-refractivity contribution in [3.05, 3.63) is 24.3 Å². The molecule has 1 aliphatic rings. The summed E-state index contributed by atoms with van der Waals surface area (Å²) >= 11 is 0. The van der Waals surface area contributed by atoms with E-state index in [-0.39, 0.29) is 0 Å². The first-order valence-electron chi connectivity index (χ1n) is 6.64. The quantitative estimate of drug-likeness (QED) is 0.872. The maximum absolute atomic E-state index is 4.45. The lowest BCUT2D eigenvalue weighted by Gasteiger charge is -2.36. The molecule has 1 aromatic heterocycles. The monoisotopic (exact) mass is 233 g/mol. The van der Waals surface area contributed by atoms with Crippen molar-refractivity contribution in [2.24, 2.45) is 17.8 Å². The van der Waals surface area contributed by atoms with Crippen LogP contribution < -0.4 is 5.32 Å². The summed E-state index contributed by atoms with van der Waals surface area (Å²) in [5.41, 5.74) is 1.08. The van der Waals surface area contributed by atoms with E-state index in [9.17, 15) is 0 Å². The average Bonchev–Trinajstić information content (AvgIpc) is 2.30. The Morgan fingerprint density at radius 3 is 2.41 bits per heavy atom. The second-order valence-corrected chi connectivity index (χ2v) is 5.57. The molecule has 0 aliphatic heterocycles. The van der Waals surface area contributed by atoms with Crippen molar-refractivity contribution in [2.45, 2.75) is 39.2 Å². The molecule has 1 fully saturated rings. The van der Waals surface area contributed by atoms with Gasteiger partial charge in [-0.2, -0.15) is 0 Å². The molecule has 0 aromatic carbocycles. The number of nitrogens with one attached hydrogen (secondary N) is 1. The first-order valence-corrected chi connectivity index (χ1v) is 6.64. The van der Waals surface area contributed by atoms with E-state index < -0.39 is 0 Å². The van der Waals surface area contributed by atoms with Crippen LogP contribution in [0.5, 0.6) is 0 Å². The molecule has 3 unspecified atom stereocenters. The Kier molecular flexibility index (Phi) is 4.11. The fourth-order valence-corrected chi connectivity index (χ4v) is 3.38. The van der Waals surface area contributed by atoms with E-state index in [0.717, 1.165) is 17.5 Å². The SMILES string of the molecule is CNC(c1cnccn1)C1CC(C)CC(C)C1. The zero-order valence-corrected chi connectivity index (χ0v) is 11.1. The molecule has 0 amide bonds.